The summed E-state index contributed by atoms with van der Waals surface area (Å²) in [5, 5.41) is 2.87. The molecule has 0 spiro atoms. The van der Waals surface area contributed by atoms with Crippen LogP contribution in [0.2, 0.25) is 0 Å². The first-order chi connectivity index (χ1) is 10.7. The van der Waals surface area contributed by atoms with Crippen molar-refractivity contribution >= 4 is 11.6 Å². The molecule has 22 heavy (non-hydrogen) atoms. The zero-order valence-electron chi connectivity index (χ0n) is 12.5. The van der Waals surface area contributed by atoms with E-state index in [0.29, 0.717) is 43.2 Å². The normalized spacial score (nSPS) is 13.0. The fraction of sp³-hybridized carbons (Fsp3) is 0.375. The number of hydrogen-bond acceptors (Lipinski definition) is 4. The number of imidazole rings is 1. The Morgan fingerprint density at radius 3 is 2.91 bits per heavy atom. The lowest BCUT2D eigenvalue weighted by Crippen LogP contribution is -2.16. The van der Waals surface area contributed by atoms with Gasteiger partial charge in [0.2, 0.25) is 5.91 Å². The van der Waals surface area contributed by atoms with E-state index in [1.165, 1.54) is 0 Å². The SMILES string of the molecule is CCc1ncc(CCC(=O)Nc2ccc3c(c2)OCCO3)[nH]1. The molecule has 2 heterocycles. The molecule has 0 bridgehead atoms. The van der Waals surface area contributed by atoms with Gasteiger partial charge in [-0.05, 0) is 18.6 Å². The molecule has 0 unspecified atom stereocenters. The van der Waals surface area contributed by atoms with Crippen molar-refractivity contribution in [3.8, 4) is 11.5 Å². The summed E-state index contributed by atoms with van der Waals surface area (Å²) in [5.41, 5.74) is 1.70. The third-order valence-electron chi connectivity index (χ3n) is 3.46. The number of benzene rings is 1. The molecule has 3 rings (SSSR count). The number of hydrogen-bond donors (Lipinski definition) is 2. The molecule has 1 aromatic heterocycles. The van der Waals surface area contributed by atoms with Crippen LogP contribution >= 0.6 is 0 Å². The van der Waals surface area contributed by atoms with Crippen molar-refractivity contribution in [1.82, 2.24) is 9.97 Å². The minimum Gasteiger partial charge on any atom is -0.486 e. The first-order valence-electron chi connectivity index (χ1n) is 7.47. The zero-order valence-corrected chi connectivity index (χ0v) is 12.5. The molecule has 0 atom stereocenters. The monoisotopic (exact) mass is 301 g/mol. The van der Waals surface area contributed by atoms with Crippen LogP contribution in [0.1, 0.15) is 24.9 Å². The second-order valence-electron chi connectivity index (χ2n) is 5.12. The molecule has 0 radical (unpaired) electrons. The molecule has 0 saturated carbocycles. The van der Waals surface area contributed by atoms with Crippen LogP contribution in [0.5, 0.6) is 11.5 Å². The molecule has 0 aliphatic carbocycles. The van der Waals surface area contributed by atoms with Gasteiger partial charge >= 0.3 is 0 Å². The van der Waals surface area contributed by atoms with Gasteiger partial charge in [0, 0.05) is 36.5 Å². The second-order valence-corrected chi connectivity index (χ2v) is 5.12. The average Bonchev–Trinajstić information content (AvgIpc) is 3.01. The molecule has 1 aromatic carbocycles. The molecular weight excluding hydrogens is 282 g/mol. The number of rotatable bonds is 5. The van der Waals surface area contributed by atoms with E-state index in [2.05, 4.69) is 15.3 Å². The number of nitrogens with zero attached hydrogens (tertiary/aromatic N) is 1. The Kier molecular flexibility index (Phi) is 4.27. The average molecular weight is 301 g/mol. The number of nitrogens with one attached hydrogen (secondary N) is 2. The summed E-state index contributed by atoms with van der Waals surface area (Å²) in [6.45, 7) is 3.13. The van der Waals surface area contributed by atoms with Gasteiger partial charge in [-0.2, -0.15) is 0 Å². The molecule has 116 valence electrons. The van der Waals surface area contributed by atoms with Crippen LogP contribution in [0, 0.1) is 0 Å². The van der Waals surface area contributed by atoms with E-state index in [0.717, 1.165) is 17.9 Å². The highest BCUT2D eigenvalue weighted by molar-refractivity contribution is 5.91. The number of carbonyl (C=O) groups excluding carboxylic acids is 1. The molecule has 2 aromatic rings. The fourth-order valence-electron chi connectivity index (χ4n) is 2.31. The molecule has 6 nitrogen and oxygen atoms in total. The van der Waals surface area contributed by atoms with E-state index in [1.54, 1.807) is 12.3 Å². The van der Waals surface area contributed by atoms with E-state index >= 15 is 0 Å². The van der Waals surface area contributed by atoms with Gasteiger partial charge in [-0.25, -0.2) is 4.98 Å². The third kappa shape index (κ3) is 3.39. The Morgan fingerprint density at radius 1 is 1.32 bits per heavy atom. The number of fused-ring (bicyclic) bond motifs is 1. The topological polar surface area (TPSA) is 76.2 Å². The lowest BCUT2D eigenvalue weighted by molar-refractivity contribution is -0.116. The van der Waals surface area contributed by atoms with E-state index in [1.807, 2.05) is 19.1 Å². The van der Waals surface area contributed by atoms with Crippen molar-refractivity contribution in [2.75, 3.05) is 18.5 Å². The van der Waals surface area contributed by atoms with Gasteiger partial charge in [-0.1, -0.05) is 6.92 Å². The van der Waals surface area contributed by atoms with Gasteiger partial charge < -0.3 is 19.8 Å². The quantitative estimate of drug-likeness (QED) is 0.888. The number of H-pyrrole nitrogens is 1. The molecule has 6 heteroatoms. The minimum atomic E-state index is -0.0377. The number of ether oxygens (including phenoxy) is 2. The van der Waals surface area contributed by atoms with E-state index in [-0.39, 0.29) is 5.91 Å². The molecule has 0 fully saturated rings. The number of anilines is 1. The van der Waals surface area contributed by atoms with Gasteiger partial charge in [0.15, 0.2) is 11.5 Å². The van der Waals surface area contributed by atoms with Gasteiger partial charge in [0.05, 0.1) is 0 Å². The van der Waals surface area contributed by atoms with E-state index in [9.17, 15) is 4.79 Å². The summed E-state index contributed by atoms with van der Waals surface area (Å²) in [6, 6.07) is 5.42. The summed E-state index contributed by atoms with van der Waals surface area (Å²) in [5.74, 6) is 2.30. The summed E-state index contributed by atoms with van der Waals surface area (Å²) in [6.07, 6.45) is 3.70. The number of amides is 1. The van der Waals surface area contributed by atoms with E-state index in [4.69, 9.17) is 9.47 Å². The highest BCUT2D eigenvalue weighted by Gasteiger charge is 2.13. The predicted molar refractivity (Wildman–Crippen MR) is 82.3 cm³/mol. The highest BCUT2D eigenvalue weighted by atomic mass is 16.6. The van der Waals surface area contributed by atoms with Crippen molar-refractivity contribution in [1.29, 1.82) is 0 Å². The summed E-state index contributed by atoms with van der Waals surface area (Å²) < 4.78 is 11.0. The van der Waals surface area contributed by atoms with Crippen LogP contribution in [0.15, 0.2) is 24.4 Å². The molecule has 0 saturated heterocycles. The maximum Gasteiger partial charge on any atom is 0.224 e. The van der Waals surface area contributed by atoms with E-state index < -0.39 is 0 Å². The van der Waals surface area contributed by atoms with Crippen molar-refractivity contribution in [3.63, 3.8) is 0 Å². The van der Waals surface area contributed by atoms with Crippen LogP contribution in [0.4, 0.5) is 5.69 Å². The van der Waals surface area contributed by atoms with Crippen LogP contribution < -0.4 is 14.8 Å². The van der Waals surface area contributed by atoms with Crippen molar-refractivity contribution in [2.24, 2.45) is 0 Å². The Morgan fingerprint density at radius 2 is 2.14 bits per heavy atom. The van der Waals surface area contributed by atoms with Crippen LogP contribution in [0.25, 0.3) is 0 Å². The number of aryl methyl sites for hydroxylation is 2. The fourth-order valence-corrected chi connectivity index (χ4v) is 2.31. The second kappa shape index (κ2) is 6.51. The Balaban J connectivity index is 1.55. The molecule has 1 aliphatic rings. The van der Waals surface area contributed by atoms with Crippen molar-refractivity contribution in [3.05, 3.63) is 35.9 Å². The van der Waals surface area contributed by atoms with Gasteiger partial charge in [-0.3, -0.25) is 4.79 Å². The third-order valence-corrected chi connectivity index (χ3v) is 3.46. The van der Waals surface area contributed by atoms with Gasteiger partial charge in [-0.15, -0.1) is 0 Å². The van der Waals surface area contributed by atoms with Crippen LogP contribution in [-0.4, -0.2) is 29.1 Å². The summed E-state index contributed by atoms with van der Waals surface area (Å²) >= 11 is 0. The zero-order chi connectivity index (χ0) is 15.4. The lowest BCUT2D eigenvalue weighted by atomic mass is 10.2. The number of aromatic nitrogens is 2. The maximum absolute atomic E-state index is 12.0. The van der Waals surface area contributed by atoms with Crippen LogP contribution in [0.3, 0.4) is 0 Å². The maximum atomic E-state index is 12.0. The first kappa shape index (κ1) is 14.4. The smallest absolute Gasteiger partial charge is 0.224 e. The number of carbonyl (C=O) groups is 1. The largest absolute Gasteiger partial charge is 0.486 e. The van der Waals surface area contributed by atoms with Gasteiger partial charge in [0.25, 0.3) is 0 Å². The molecule has 1 amide bonds. The van der Waals surface area contributed by atoms with Crippen molar-refractivity contribution in [2.45, 2.75) is 26.2 Å². The minimum absolute atomic E-state index is 0.0377. The molecule has 1 aliphatic heterocycles. The molecular formula is C16H19N3O3. The Bertz CT molecular complexity index is 666. The summed E-state index contributed by atoms with van der Waals surface area (Å²) in [4.78, 5) is 19.4. The lowest BCUT2D eigenvalue weighted by Gasteiger charge is -2.19. The summed E-state index contributed by atoms with van der Waals surface area (Å²) in [7, 11) is 0. The Labute approximate surface area is 128 Å². The number of aromatic amines is 1. The van der Waals surface area contributed by atoms with Gasteiger partial charge in [0.1, 0.15) is 19.0 Å². The standard InChI is InChI=1S/C16H19N3O3/c1-2-15-17-10-12(18-15)4-6-16(20)19-11-3-5-13-14(9-11)22-8-7-21-13/h3,5,9-10H,2,4,6-8H2,1H3,(H,17,18)(H,19,20). The first-order valence-corrected chi connectivity index (χ1v) is 7.47. The highest BCUT2D eigenvalue weighted by Crippen LogP contribution is 2.32. The van der Waals surface area contributed by atoms with Crippen molar-refractivity contribution < 1.29 is 14.3 Å². The van der Waals surface area contributed by atoms with Crippen LogP contribution in [-0.2, 0) is 17.6 Å². The Hall–Kier alpha value is -2.50. The predicted octanol–water partition coefficient (Wildman–Crippen LogP) is 2.31. The molecule has 2 N–H and O–H groups in total.